The van der Waals surface area contributed by atoms with Gasteiger partial charge in [0.05, 0.1) is 5.69 Å². The average molecular weight is 415 g/mol. The molecule has 1 saturated heterocycles. The zero-order valence-corrected chi connectivity index (χ0v) is 18.2. The number of aryl methyl sites for hydroxylation is 2. The van der Waals surface area contributed by atoms with Crippen LogP contribution < -0.4 is 0 Å². The highest BCUT2D eigenvalue weighted by atomic mass is 16.2. The van der Waals surface area contributed by atoms with Gasteiger partial charge >= 0.3 is 0 Å². The molecule has 6 heteroatoms. The Bertz CT molecular complexity index is 1200. The molecule has 2 aromatic carbocycles. The number of hydrogen-bond acceptors (Lipinski definition) is 4. The molecular formula is C25H26N4O2. The first-order valence-electron chi connectivity index (χ1n) is 10.7. The minimum atomic E-state index is -0.0000509. The van der Waals surface area contributed by atoms with E-state index in [0.717, 1.165) is 42.0 Å². The van der Waals surface area contributed by atoms with E-state index in [4.69, 9.17) is 0 Å². The van der Waals surface area contributed by atoms with Crippen LogP contribution in [-0.2, 0) is 13.6 Å². The number of piperazine rings is 1. The largest absolute Gasteiger partial charge is 0.336 e. The van der Waals surface area contributed by atoms with Crippen molar-refractivity contribution in [2.24, 2.45) is 7.05 Å². The molecule has 2 aliphatic rings. The van der Waals surface area contributed by atoms with E-state index in [-0.39, 0.29) is 11.7 Å². The van der Waals surface area contributed by atoms with Crippen molar-refractivity contribution in [2.75, 3.05) is 26.2 Å². The predicted molar refractivity (Wildman–Crippen MR) is 119 cm³/mol. The molecule has 1 amide bonds. The average Bonchev–Trinajstić information content (AvgIpc) is 3.21. The van der Waals surface area contributed by atoms with Crippen LogP contribution in [0.5, 0.6) is 0 Å². The number of amides is 1. The van der Waals surface area contributed by atoms with Gasteiger partial charge in [0.1, 0.15) is 0 Å². The molecule has 2 heterocycles. The number of rotatable bonds is 3. The van der Waals surface area contributed by atoms with Gasteiger partial charge in [-0.25, -0.2) is 0 Å². The third-order valence-electron chi connectivity index (χ3n) is 6.67. The summed E-state index contributed by atoms with van der Waals surface area (Å²) in [5.74, 6) is 0.00669. The highest BCUT2D eigenvalue weighted by molar-refractivity contribution is 6.22. The number of ketones is 1. The van der Waals surface area contributed by atoms with Gasteiger partial charge < -0.3 is 4.90 Å². The van der Waals surface area contributed by atoms with Crippen LogP contribution in [0, 0.1) is 13.8 Å². The molecule has 0 N–H and O–H groups in total. The maximum Gasteiger partial charge on any atom is 0.253 e. The van der Waals surface area contributed by atoms with Gasteiger partial charge in [0.2, 0.25) is 0 Å². The lowest BCUT2D eigenvalue weighted by atomic mass is 10.0. The second-order valence-electron chi connectivity index (χ2n) is 8.48. The van der Waals surface area contributed by atoms with Crippen LogP contribution in [0.25, 0.3) is 11.1 Å². The van der Waals surface area contributed by atoms with Crippen LogP contribution in [0.2, 0.25) is 0 Å². The van der Waals surface area contributed by atoms with E-state index >= 15 is 0 Å². The molecule has 0 bridgehead atoms. The topological polar surface area (TPSA) is 58.4 Å². The third kappa shape index (κ3) is 3.27. The van der Waals surface area contributed by atoms with E-state index in [1.165, 1.54) is 11.3 Å². The Morgan fingerprint density at radius 1 is 0.935 bits per heavy atom. The van der Waals surface area contributed by atoms with Gasteiger partial charge in [-0.15, -0.1) is 0 Å². The number of nitrogens with zero attached hydrogens (tertiary/aromatic N) is 4. The summed E-state index contributed by atoms with van der Waals surface area (Å²) in [6.07, 6.45) is 0. The van der Waals surface area contributed by atoms with Gasteiger partial charge in [0, 0.05) is 67.7 Å². The number of carbonyl (C=O) groups excluding carboxylic acids is 2. The molecule has 1 fully saturated rings. The first kappa shape index (κ1) is 19.7. The molecule has 0 spiro atoms. The van der Waals surface area contributed by atoms with Crippen LogP contribution in [0.4, 0.5) is 0 Å². The summed E-state index contributed by atoms with van der Waals surface area (Å²) in [7, 11) is 1.97. The summed E-state index contributed by atoms with van der Waals surface area (Å²) in [5, 5.41) is 4.51. The van der Waals surface area contributed by atoms with Gasteiger partial charge in [-0.2, -0.15) is 5.10 Å². The van der Waals surface area contributed by atoms with Crippen molar-refractivity contribution in [1.82, 2.24) is 19.6 Å². The fourth-order valence-corrected chi connectivity index (χ4v) is 4.72. The quantitative estimate of drug-likeness (QED) is 0.517. The lowest BCUT2D eigenvalue weighted by Crippen LogP contribution is -2.48. The normalized spacial score (nSPS) is 15.8. The van der Waals surface area contributed by atoms with Crippen molar-refractivity contribution >= 4 is 11.7 Å². The predicted octanol–water partition coefficient (Wildman–Crippen LogP) is 3.21. The minimum Gasteiger partial charge on any atom is -0.336 e. The summed E-state index contributed by atoms with van der Waals surface area (Å²) in [6, 6.07) is 13.2. The lowest BCUT2D eigenvalue weighted by molar-refractivity contribution is 0.0628. The highest BCUT2D eigenvalue weighted by Gasteiger charge is 2.29. The molecule has 0 unspecified atom stereocenters. The molecule has 0 saturated carbocycles. The van der Waals surface area contributed by atoms with E-state index in [2.05, 4.69) is 23.8 Å². The third-order valence-corrected chi connectivity index (χ3v) is 6.67. The van der Waals surface area contributed by atoms with Crippen molar-refractivity contribution in [3.05, 3.63) is 76.1 Å². The number of aromatic nitrogens is 2. The molecule has 0 radical (unpaired) electrons. The van der Waals surface area contributed by atoms with Crippen LogP contribution in [0.15, 0.2) is 42.5 Å². The van der Waals surface area contributed by atoms with Gasteiger partial charge in [-0.05, 0) is 37.1 Å². The maximum absolute atomic E-state index is 13.1. The van der Waals surface area contributed by atoms with Crippen LogP contribution in [0.3, 0.4) is 0 Å². The summed E-state index contributed by atoms with van der Waals surface area (Å²) in [4.78, 5) is 30.2. The Hall–Kier alpha value is -3.25. The van der Waals surface area contributed by atoms with E-state index in [1.807, 2.05) is 53.0 Å². The van der Waals surface area contributed by atoms with E-state index in [1.54, 1.807) is 6.07 Å². The Kier molecular flexibility index (Phi) is 4.74. The molecule has 1 aliphatic heterocycles. The van der Waals surface area contributed by atoms with Crippen molar-refractivity contribution in [3.63, 3.8) is 0 Å². The zero-order valence-electron chi connectivity index (χ0n) is 18.2. The van der Waals surface area contributed by atoms with Crippen molar-refractivity contribution in [1.29, 1.82) is 0 Å². The van der Waals surface area contributed by atoms with Crippen LogP contribution in [0.1, 0.15) is 43.2 Å². The van der Waals surface area contributed by atoms with Gasteiger partial charge in [0.15, 0.2) is 5.78 Å². The Morgan fingerprint density at radius 2 is 1.61 bits per heavy atom. The van der Waals surface area contributed by atoms with E-state index in [9.17, 15) is 9.59 Å². The lowest BCUT2D eigenvalue weighted by Gasteiger charge is -2.35. The van der Waals surface area contributed by atoms with Crippen LogP contribution >= 0.6 is 0 Å². The number of hydrogen-bond donors (Lipinski definition) is 0. The van der Waals surface area contributed by atoms with Crippen molar-refractivity contribution in [3.8, 4) is 11.1 Å². The molecule has 1 aliphatic carbocycles. The Balaban J connectivity index is 1.28. The second-order valence-corrected chi connectivity index (χ2v) is 8.48. The summed E-state index contributed by atoms with van der Waals surface area (Å²) in [6.45, 7) is 8.03. The van der Waals surface area contributed by atoms with E-state index < -0.39 is 0 Å². The fourth-order valence-electron chi connectivity index (χ4n) is 4.72. The molecule has 6 nitrogen and oxygen atoms in total. The van der Waals surface area contributed by atoms with Crippen molar-refractivity contribution in [2.45, 2.75) is 20.4 Å². The minimum absolute atomic E-state index is 0.0000509. The van der Waals surface area contributed by atoms with Gasteiger partial charge in [-0.1, -0.05) is 30.3 Å². The number of fused-ring (bicyclic) bond motifs is 3. The first-order chi connectivity index (χ1) is 14.9. The molecular weight excluding hydrogens is 388 g/mol. The monoisotopic (exact) mass is 414 g/mol. The zero-order chi connectivity index (χ0) is 21.7. The smallest absolute Gasteiger partial charge is 0.253 e. The molecule has 1 aromatic heterocycles. The molecule has 158 valence electrons. The molecule has 31 heavy (non-hydrogen) atoms. The number of benzene rings is 2. The second kappa shape index (κ2) is 7.46. The fraction of sp³-hybridized carbons (Fsp3) is 0.320. The summed E-state index contributed by atoms with van der Waals surface area (Å²) in [5.41, 5.74) is 7.36. The van der Waals surface area contributed by atoms with E-state index in [0.29, 0.717) is 24.2 Å². The maximum atomic E-state index is 13.1. The van der Waals surface area contributed by atoms with Gasteiger partial charge in [-0.3, -0.25) is 19.2 Å². The standard InChI is InChI=1S/C25H26N4O2/c1-16-23(17(2)27(3)26-16)15-28-10-12-29(13-11-28)25(31)18-8-9-20-19-6-4-5-7-21(19)24(30)22(20)14-18/h4-9,14H,10-13,15H2,1-3H3. The summed E-state index contributed by atoms with van der Waals surface area (Å²) >= 11 is 0. The summed E-state index contributed by atoms with van der Waals surface area (Å²) < 4.78 is 1.93. The highest BCUT2D eigenvalue weighted by Crippen LogP contribution is 2.36. The van der Waals surface area contributed by atoms with Crippen molar-refractivity contribution < 1.29 is 9.59 Å². The SMILES string of the molecule is Cc1nn(C)c(C)c1CN1CCN(C(=O)c2ccc3c(c2)C(=O)c2ccccc2-3)CC1. The molecule has 5 rings (SSSR count). The Morgan fingerprint density at radius 3 is 2.29 bits per heavy atom. The van der Waals surface area contributed by atoms with Gasteiger partial charge in [0.25, 0.3) is 5.91 Å². The first-order valence-corrected chi connectivity index (χ1v) is 10.7. The Labute approximate surface area is 182 Å². The number of carbonyl (C=O) groups is 2. The molecule has 0 atom stereocenters. The van der Waals surface area contributed by atoms with Crippen LogP contribution in [-0.4, -0.2) is 57.4 Å². The molecule has 3 aromatic rings.